The molecule has 0 saturated heterocycles. The monoisotopic (exact) mass is 412 g/mol. The van der Waals surface area contributed by atoms with Crippen LogP contribution in [0.2, 0.25) is 0 Å². The van der Waals surface area contributed by atoms with Gasteiger partial charge in [0.15, 0.2) is 5.82 Å². The molecule has 2 aromatic carbocycles. The summed E-state index contributed by atoms with van der Waals surface area (Å²) in [6.07, 6.45) is 0. The van der Waals surface area contributed by atoms with Crippen LogP contribution in [0.1, 0.15) is 15.9 Å². The van der Waals surface area contributed by atoms with E-state index in [9.17, 15) is 13.2 Å². The Hall–Kier alpha value is -3.30. The van der Waals surface area contributed by atoms with Crippen LogP contribution in [0.5, 0.6) is 0 Å². The fourth-order valence-corrected chi connectivity index (χ4v) is 3.66. The highest BCUT2D eigenvalue weighted by Crippen LogP contribution is 2.24. The van der Waals surface area contributed by atoms with Crippen molar-refractivity contribution in [1.82, 2.24) is 14.9 Å². The minimum absolute atomic E-state index is 0.201. The van der Waals surface area contributed by atoms with E-state index in [1.165, 1.54) is 14.2 Å². The molecule has 0 fully saturated rings. The number of rotatable bonds is 6. The molecule has 3 rings (SSSR count). The van der Waals surface area contributed by atoms with Crippen LogP contribution in [-0.4, -0.2) is 38.7 Å². The third-order valence-electron chi connectivity index (χ3n) is 4.29. The highest BCUT2D eigenvalue weighted by Gasteiger charge is 2.16. The molecular weight excluding hydrogens is 392 g/mol. The largest absolute Gasteiger partial charge is 0.465 e. The van der Waals surface area contributed by atoms with Crippen LogP contribution in [0.3, 0.4) is 0 Å². The second-order valence-electron chi connectivity index (χ2n) is 6.19. The standard InChI is InChI=1S/C20H20N4O4S/c1-13-4-5-15(12-18(13)29(26,27)21-2)17-10-11-19(24-23-17)22-16-8-6-14(7-9-16)20(25)28-3/h4-12,21H,1-3H3,(H,22,24). The van der Waals surface area contributed by atoms with E-state index < -0.39 is 16.0 Å². The Morgan fingerprint density at radius 2 is 1.72 bits per heavy atom. The molecule has 8 nitrogen and oxygen atoms in total. The molecule has 29 heavy (non-hydrogen) atoms. The Bertz CT molecular complexity index is 1130. The molecule has 0 aliphatic heterocycles. The molecule has 2 N–H and O–H groups in total. The predicted octanol–water partition coefficient (Wildman–Crippen LogP) is 2.89. The zero-order chi connectivity index (χ0) is 21.0. The number of nitrogens with one attached hydrogen (secondary N) is 2. The number of anilines is 2. The van der Waals surface area contributed by atoms with Crippen LogP contribution in [0.4, 0.5) is 11.5 Å². The Morgan fingerprint density at radius 1 is 1.00 bits per heavy atom. The van der Waals surface area contributed by atoms with Gasteiger partial charge in [-0.2, -0.15) is 0 Å². The van der Waals surface area contributed by atoms with Crippen molar-refractivity contribution < 1.29 is 17.9 Å². The number of methoxy groups -OCH3 is 1. The molecule has 0 atom stereocenters. The summed E-state index contributed by atoms with van der Waals surface area (Å²) in [7, 11) is -0.859. The molecule has 1 heterocycles. The average molecular weight is 412 g/mol. The lowest BCUT2D eigenvalue weighted by Crippen LogP contribution is -2.19. The predicted molar refractivity (Wildman–Crippen MR) is 110 cm³/mol. The lowest BCUT2D eigenvalue weighted by molar-refractivity contribution is 0.0600. The molecule has 3 aromatic rings. The Morgan fingerprint density at radius 3 is 2.31 bits per heavy atom. The van der Waals surface area contributed by atoms with Crippen molar-refractivity contribution in [3.8, 4) is 11.3 Å². The molecular formula is C20H20N4O4S. The van der Waals surface area contributed by atoms with Gasteiger partial charge in [-0.1, -0.05) is 12.1 Å². The van der Waals surface area contributed by atoms with Crippen molar-refractivity contribution in [2.45, 2.75) is 11.8 Å². The molecule has 0 amide bonds. The van der Waals surface area contributed by atoms with E-state index in [1.54, 1.807) is 61.5 Å². The first kappa shape index (κ1) is 20.4. The van der Waals surface area contributed by atoms with E-state index in [1.807, 2.05) is 0 Å². The van der Waals surface area contributed by atoms with Crippen molar-refractivity contribution in [3.05, 3.63) is 65.7 Å². The number of hydrogen-bond acceptors (Lipinski definition) is 7. The summed E-state index contributed by atoms with van der Waals surface area (Å²) in [5.74, 6) is 0.105. The average Bonchev–Trinajstić information content (AvgIpc) is 2.74. The maximum Gasteiger partial charge on any atom is 0.337 e. The lowest BCUT2D eigenvalue weighted by Gasteiger charge is -2.09. The Labute approximate surface area is 169 Å². The summed E-state index contributed by atoms with van der Waals surface area (Å²) >= 11 is 0. The van der Waals surface area contributed by atoms with Crippen molar-refractivity contribution in [2.75, 3.05) is 19.5 Å². The van der Waals surface area contributed by atoms with Gasteiger partial charge in [0, 0.05) is 11.3 Å². The molecule has 9 heteroatoms. The van der Waals surface area contributed by atoms with Crippen molar-refractivity contribution >= 4 is 27.5 Å². The minimum Gasteiger partial charge on any atom is -0.465 e. The fourth-order valence-electron chi connectivity index (χ4n) is 2.67. The van der Waals surface area contributed by atoms with Gasteiger partial charge in [-0.15, -0.1) is 10.2 Å². The Balaban J connectivity index is 1.80. The van der Waals surface area contributed by atoms with Gasteiger partial charge in [-0.3, -0.25) is 0 Å². The van der Waals surface area contributed by atoms with Crippen LogP contribution < -0.4 is 10.0 Å². The third kappa shape index (κ3) is 4.58. The van der Waals surface area contributed by atoms with E-state index >= 15 is 0 Å². The van der Waals surface area contributed by atoms with E-state index in [0.29, 0.717) is 28.2 Å². The first-order valence-electron chi connectivity index (χ1n) is 8.68. The van der Waals surface area contributed by atoms with E-state index in [0.717, 1.165) is 5.69 Å². The summed E-state index contributed by atoms with van der Waals surface area (Å²) in [6, 6.07) is 15.3. The van der Waals surface area contributed by atoms with Gasteiger partial charge < -0.3 is 10.1 Å². The van der Waals surface area contributed by atoms with Gasteiger partial charge in [0.2, 0.25) is 10.0 Å². The second kappa shape index (κ2) is 8.38. The minimum atomic E-state index is -3.56. The van der Waals surface area contributed by atoms with Crippen LogP contribution in [-0.2, 0) is 14.8 Å². The first-order chi connectivity index (χ1) is 13.8. The molecule has 0 bridgehead atoms. The molecule has 0 radical (unpaired) electrons. The highest BCUT2D eigenvalue weighted by atomic mass is 32.2. The van der Waals surface area contributed by atoms with E-state index in [4.69, 9.17) is 0 Å². The number of esters is 1. The molecule has 1 aromatic heterocycles. The van der Waals surface area contributed by atoms with Crippen LogP contribution >= 0.6 is 0 Å². The maximum absolute atomic E-state index is 12.2. The van der Waals surface area contributed by atoms with Gasteiger partial charge >= 0.3 is 5.97 Å². The summed E-state index contributed by atoms with van der Waals surface area (Å²) < 4.78 is 31.3. The van der Waals surface area contributed by atoms with E-state index in [-0.39, 0.29) is 4.90 Å². The van der Waals surface area contributed by atoms with Gasteiger partial charge in [0.05, 0.1) is 23.3 Å². The van der Waals surface area contributed by atoms with Gasteiger partial charge in [-0.05, 0) is 62.0 Å². The topological polar surface area (TPSA) is 110 Å². The van der Waals surface area contributed by atoms with Gasteiger partial charge in [0.1, 0.15) is 0 Å². The van der Waals surface area contributed by atoms with Crippen LogP contribution in [0.15, 0.2) is 59.5 Å². The smallest absolute Gasteiger partial charge is 0.337 e. The van der Waals surface area contributed by atoms with Crippen LogP contribution in [0.25, 0.3) is 11.3 Å². The SMILES string of the molecule is CNS(=O)(=O)c1cc(-c2ccc(Nc3ccc(C(=O)OC)cc3)nn2)ccc1C. The van der Waals surface area contributed by atoms with Crippen LogP contribution in [0, 0.1) is 6.92 Å². The number of hydrogen-bond donors (Lipinski definition) is 2. The first-order valence-corrected chi connectivity index (χ1v) is 10.2. The van der Waals surface area contributed by atoms with Crippen molar-refractivity contribution in [2.24, 2.45) is 0 Å². The molecule has 0 saturated carbocycles. The van der Waals surface area contributed by atoms with Crippen molar-refractivity contribution in [1.29, 1.82) is 0 Å². The summed E-state index contributed by atoms with van der Waals surface area (Å²) in [6.45, 7) is 1.73. The normalized spacial score (nSPS) is 11.1. The second-order valence-corrected chi connectivity index (χ2v) is 8.04. The van der Waals surface area contributed by atoms with E-state index in [2.05, 4.69) is 25.0 Å². The molecule has 0 unspecified atom stereocenters. The van der Waals surface area contributed by atoms with Crippen molar-refractivity contribution in [3.63, 3.8) is 0 Å². The number of aromatic nitrogens is 2. The third-order valence-corrected chi connectivity index (χ3v) is 5.84. The number of carbonyl (C=O) groups excluding carboxylic acids is 1. The number of carbonyl (C=O) groups is 1. The highest BCUT2D eigenvalue weighted by molar-refractivity contribution is 7.89. The lowest BCUT2D eigenvalue weighted by atomic mass is 10.1. The number of benzene rings is 2. The zero-order valence-electron chi connectivity index (χ0n) is 16.1. The van der Waals surface area contributed by atoms with Gasteiger partial charge in [-0.25, -0.2) is 17.9 Å². The zero-order valence-corrected chi connectivity index (χ0v) is 16.9. The summed E-state index contributed by atoms with van der Waals surface area (Å²) in [5.41, 5.74) is 3.02. The Kier molecular flexibility index (Phi) is 5.90. The fraction of sp³-hybridized carbons (Fsp3) is 0.150. The number of aryl methyl sites for hydroxylation is 1. The number of ether oxygens (including phenoxy) is 1. The maximum atomic E-state index is 12.2. The molecule has 150 valence electrons. The number of nitrogens with zero attached hydrogens (tertiary/aromatic N) is 2. The number of sulfonamides is 1. The molecule has 0 aliphatic rings. The summed E-state index contributed by atoms with van der Waals surface area (Å²) in [5, 5.41) is 11.4. The van der Waals surface area contributed by atoms with Gasteiger partial charge in [0.25, 0.3) is 0 Å². The molecule has 0 spiro atoms. The quantitative estimate of drug-likeness (QED) is 0.599. The molecule has 0 aliphatic carbocycles. The summed E-state index contributed by atoms with van der Waals surface area (Å²) in [4.78, 5) is 11.7.